The van der Waals surface area contributed by atoms with Crippen molar-refractivity contribution in [2.45, 2.75) is 138 Å². The minimum absolute atomic E-state index is 0.315. The highest BCUT2D eigenvalue weighted by Crippen LogP contribution is 2.22. The molecule has 0 unspecified atom stereocenters. The molecule has 0 aliphatic rings. The smallest absolute Gasteiger partial charge is 0.408 e. The zero-order valence-corrected chi connectivity index (χ0v) is 31.0. The first-order chi connectivity index (χ1) is 22.0. The largest absolute Gasteiger partial charge is 0.478 e. The van der Waals surface area contributed by atoms with Gasteiger partial charge in [-0.3, -0.25) is 9.59 Å². The van der Waals surface area contributed by atoms with Gasteiger partial charge >= 0.3 is 24.0 Å². The summed E-state index contributed by atoms with van der Waals surface area (Å²) in [5.41, 5.74) is -0.774. The molecule has 3 amide bonds. The molecule has 0 aliphatic carbocycles. The Kier molecular flexibility index (Phi) is 18.3. The van der Waals surface area contributed by atoms with E-state index < -0.39 is 95.4 Å². The number of carbonyl (C=O) groups excluding carboxylic acids is 5. The first-order valence-corrected chi connectivity index (χ1v) is 16.6. The molecule has 0 saturated heterocycles. The molecule has 0 aromatic carbocycles. The van der Waals surface area contributed by atoms with Crippen molar-refractivity contribution in [2.24, 2.45) is 29.6 Å². The van der Waals surface area contributed by atoms with Crippen LogP contribution in [0, 0.1) is 41.9 Å². The maximum Gasteiger partial charge on any atom is 0.408 e. The molecule has 0 bridgehead atoms. The molecular formula is C35H59N3O10. The van der Waals surface area contributed by atoms with Crippen molar-refractivity contribution in [1.82, 2.24) is 15.5 Å². The summed E-state index contributed by atoms with van der Waals surface area (Å²) >= 11 is 0. The van der Waals surface area contributed by atoms with Gasteiger partial charge in [0.25, 0.3) is 0 Å². The lowest BCUT2D eigenvalue weighted by molar-refractivity contribution is -0.184. The van der Waals surface area contributed by atoms with Gasteiger partial charge in [0, 0.05) is 31.3 Å². The summed E-state index contributed by atoms with van der Waals surface area (Å²) < 4.78 is 16.1. The van der Waals surface area contributed by atoms with Crippen molar-refractivity contribution in [1.29, 1.82) is 0 Å². The monoisotopic (exact) mass is 681 g/mol. The van der Waals surface area contributed by atoms with Gasteiger partial charge in [0.15, 0.2) is 0 Å². The Bertz CT molecular complexity index is 1150. The Labute approximate surface area is 286 Å². The summed E-state index contributed by atoms with van der Waals surface area (Å²) in [4.78, 5) is 79.2. The molecule has 0 heterocycles. The van der Waals surface area contributed by atoms with Crippen molar-refractivity contribution in [3.05, 3.63) is 0 Å². The van der Waals surface area contributed by atoms with Gasteiger partial charge in [0.05, 0.1) is 5.92 Å². The second-order valence-corrected chi connectivity index (χ2v) is 14.5. The zero-order valence-electron chi connectivity index (χ0n) is 31.0. The molecule has 0 rings (SSSR count). The lowest BCUT2D eigenvalue weighted by Gasteiger charge is -2.35. The fraction of sp³-hybridized carbons (Fsp3) is 0.771. The number of carbonyl (C=O) groups is 6. The average molecular weight is 682 g/mol. The number of carboxylic acids is 1. The normalized spacial score (nSPS) is 15.4. The standard InChI is InChI=1S/C35H59N3O10/c1-15-16-17-18-24(36-29(39)25(19(2)3)37-34(45)48-35(11,12)13)23(10)30(40)38(14)26(20(4)5)32(43)47-28(22(8)9)33(44)46-27(21(6)7)31(41)42/h1,19-28H,16-18H2,2-14H3,(H,36,39)(H,37,45)(H,41,42)/t23-,24-,25-,26-,27-,28-/m0/s1. The Hall–Kier alpha value is -3.82. The van der Waals surface area contributed by atoms with E-state index in [0.717, 1.165) is 0 Å². The van der Waals surface area contributed by atoms with Gasteiger partial charge in [-0.25, -0.2) is 19.2 Å². The molecule has 0 saturated carbocycles. The predicted octanol–water partition coefficient (Wildman–Crippen LogP) is 4.16. The Morgan fingerprint density at radius 1 is 0.792 bits per heavy atom. The number of amides is 3. The molecule has 274 valence electrons. The highest BCUT2D eigenvalue weighted by Gasteiger charge is 2.40. The molecule has 48 heavy (non-hydrogen) atoms. The third kappa shape index (κ3) is 14.5. The second-order valence-electron chi connectivity index (χ2n) is 14.5. The van der Waals surface area contributed by atoms with Crippen LogP contribution in [-0.4, -0.2) is 88.8 Å². The summed E-state index contributed by atoms with van der Waals surface area (Å²) in [6.07, 6.45) is 3.09. The van der Waals surface area contributed by atoms with Crippen LogP contribution in [0.2, 0.25) is 0 Å². The highest BCUT2D eigenvalue weighted by atomic mass is 16.6. The molecule has 0 aromatic heterocycles. The van der Waals surface area contributed by atoms with Crippen LogP contribution in [0.5, 0.6) is 0 Å². The molecule has 13 heteroatoms. The molecule has 3 N–H and O–H groups in total. The van der Waals surface area contributed by atoms with Gasteiger partial charge in [-0.2, -0.15) is 0 Å². The number of hydrogen-bond acceptors (Lipinski definition) is 9. The van der Waals surface area contributed by atoms with E-state index in [9.17, 15) is 33.9 Å². The van der Waals surface area contributed by atoms with E-state index in [0.29, 0.717) is 19.3 Å². The fourth-order valence-electron chi connectivity index (χ4n) is 4.94. The number of alkyl carbamates (subject to hydrolysis) is 1. The molecular weight excluding hydrogens is 622 g/mol. The number of unbranched alkanes of at least 4 members (excludes halogenated alkanes) is 1. The molecule has 0 radical (unpaired) electrons. The number of ether oxygens (including phenoxy) is 3. The SMILES string of the molecule is C#CCCC[C@H](NC(=O)[C@@H](NC(=O)OC(C)(C)C)C(C)C)[C@H](C)C(=O)N(C)[C@H](C(=O)O[C@H](C(=O)O[C@H](C(=O)O)C(C)C)C(C)C)C(C)C. The predicted molar refractivity (Wildman–Crippen MR) is 180 cm³/mol. The molecule has 0 fully saturated rings. The van der Waals surface area contributed by atoms with Crippen molar-refractivity contribution >= 4 is 35.8 Å². The summed E-state index contributed by atoms with van der Waals surface area (Å²) in [6.45, 7) is 20.1. The van der Waals surface area contributed by atoms with E-state index in [-0.39, 0.29) is 5.92 Å². The maximum absolute atomic E-state index is 13.9. The number of nitrogens with one attached hydrogen (secondary N) is 2. The van der Waals surface area contributed by atoms with E-state index in [1.807, 2.05) is 0 Å². The Morgan fingerprint density at radius 2 is 1.31 bits per heavy atom. The van der Waals surface area contributed by atoms with E-state index in [1.165, 1.54) is 11.9 Å². The Morgan fingerprint density at radius 3 is 1.73 bits per heavy atom. The number of terminal acetylenes is 1. The van der Waals surface area contributed by atoms with Crippen LogP contribution < -0.4 is 10.6 Å². The highest BCUT2D eigenvalue weighted by molar-refractivity contribution is 5.90. The van der Waals surface area contributed by atoms with Gasteiger partial charge in [0.2, 0.25) is 24.0 Å². The maximum atomic E-state index is 13.9. The summed E-state index contributed by atoms with van der Waals surface area (Å²) in [5.74, 6) is -4.33. The first kappa shape index (κ1) is 44.2. The number of likely N-dealkylation sites (N-methyl/N-ethyl adjacent to an activating group) is 1. The van der Waals surface area contributed by atoms with Crippen LogP contribution >= 0.6 is 0 Å². The number of hydrogen-bond donors (Lipinski definition) is 3. The van der Waals surface area contributed by atoms with Crippen LogP contribution in [0.3, 0.4) is 0 Å². The van der Waals surface area contributed by atoms with E-state index in [1.54, 1.807) is 83.1 Å². The van der Waals surface area contributed by atoms with Crippen molar-refractivity contribution in [3.8, 4) is 12.3 Å². The minimum Gasteiger partial charge on any atom is -0.478 e. The van der Waals surface area contributed by atoms with Gasteiger partial charge in [-0.15, -0.1) is 12.3 Å². The molecule has 6 atom stereocenters. The summed E-state index contributed by atoms with van der Waals surface area (Å²) in [5, 5.41) is 15.0. The lowest BCUT2D eigenvalue weighted by atomic mass is 9.92. The summed E-state index contributed by atoms with van der Waals surface area (Å²) in [7, 11) is 1.44. The number of nitrogens with zero attached hydrogens (tertiary/aromatic N) is 1. The number of aliphatic carboxylic acids is 1. The topological polar surface area (TPSA) is 178 Å². The lowest BCUT2D eigenvalue weighted by Crippen LogP contribution is -2.56. The third-order valence-electron chi connectivity index (χ3n) is 7.59. The van der Waals surface area contributed by atoms with Gasteiger partial charge in [-0.05, 0) is 45.4 Å². The van der Waals surface area contributed by atoms with Gasteiger partial charge < -0.3 is 34.9 Å². The van der Waals surface area contributed by atoms with Crippen molar-refractivity contribution in [2.75, 3.05) is 7.05 Å². The average Bonchev–Trinajstić information content (AvgIpc) is 2.94. The van der Waals surface area contributed by atoms with Crippen molar-refractivity contribution in [3.63, 3.8) is 0 Å². The zero-order chi connectivity index (χ0) is 37.7. The van der Waals surface area contributed by atoms with Crippen LogP contribution in [-0.2, 0) is 38.2 Å². The second kappa shape index (κ2) is 19.9. The van der Waals surface area contributed by atoms with Crippen LogP contribution in [0.1, 0.15) is 102 Å². The van der Waals surface area contributed by atoms with Crippen LogP contribution in [0.4, 0.5) is 4.79 Å². The van der Waals surface area contributed by atoms with E-state index >= 15 is 0 Å². The Balaban J connectivity index is 6.17. The molecule has 0 aromatic rings. The molecule has 0 spiro atoms. The van der Waals surface area contributed by atoms with Crippen LogP contribution in [0.15, 0.2) is 0 Å². The van der Waals surface area contributed by atoms with Gasteiger partial charge in [-0.1, -0.05) is 62.3 Å². The first-order valence-electron chi connectivity index (χ1n) is 16.6. The minimum atomic E-state index is -1.43. The third-order valence-corrected chi connectivity index (χ3v) is 7.59. The number of rotatable bonds is 18. The van der Waals surface area contributed by atoms with E-state index in [4.69, 9.17) is 20.6 Å². The molecule has 0 aliphatic heterocycles. The van der Waals surface area contributed by atoms with Crippen LogP contribution in [0.25, 0.3) is 0 Å². The van der Waals surface area contributed by atoms with Crippen molar-refractivity contribution < 1.29 is 48.1 Å². The summed E-state index contributed by atoms with van der Waals surface area (Å²) in [6, 6.07) is -2.81. The molecule has 13 nitrogen and oxygen atoms in total. The number of carboxylic acid groups (broad SMARTS) is 1. The van der Waals surface area contributed by atoms with E-state index in [2.05, 4.69) is 16.6 Å². The fourth-order valence-corrected chi connectivity index (χ4v) is 4.94. The quantitative estimate of drug-likeness (QED) is 0.0824. The number of esters is 2. The van der Waals surface area contributed by atoms with Gasteiger partial charge in [0.1, 0.15) is 17.7 Å².